The molecule has 2 aromatic carbocycles. The van der Waals surface area contributed by atoms with Crippen molar-refractivity contribution in [1.29, 1.82) is 0 Å². The van der Waals surface area contributed by atoms with E-state index in [2.05, 4.69) is 15.9 Å². The fraction of sp³-hybridized carbons (Fsp3) is 0.0769. The van der Waals surface area contributed by atoms with Crippen LogP contribution in [-0.4, -0.2) is 10.0 Å². The zero-order valence-electron chi connectivity index (χ0n) is 9.75. The van der Waals surface area contributed by atoms with Crippen LogP contribution < -0.4 is 4.74 Å². The summed E-state index contributed by atoms with van der Waals surface area (Å²) in [4.78, 5) is 10.3. The predicted molar refractivity (Wildman–Crippen MR) is 73.2 cm³/mol. The number of aliphatic hydroxyl groups excluding tert-OH is 1. The van der Waals surface area contributed by atoms with E-state index in [1.54, 1.807) is 30.3 Å². The van der Waals surface area contributed by atoms with Crippen molar-refractivity contribution in [2.75, 3.05) is 0 Å². The zero-order chi connectivity index (χ0) is 13.8. The molecule has 0 fully saturated rings. The Kier molecular flexibility index (Phi) is 4.13. The average molecular weight is 324 g/mol. The number of benzene rings is 2. The van der Waals surface area contributed by atoms with Crippen LogP contribution in [0.5, 0.6) is 11.5 Å². The maximum absolute atomic E-state index is 10.7. The van der Waals surface area contributed by atoms with Gasteiger partial charge in [-0.3, -0.25) is 10.1 Å². The number of nitro groups is 1. The molecule has 2 rings (SSSR count). The van der Waals surface area contributed by atoms with Gasteiger partial charge < -0.3 is 9.84 Å². The first-order chi connectivity index (χ1) is 9.08. The third-order valence-corrected chi connectivity index (χ3v) is 2.87. The molecule has 0 radical (unpaired) electrons. The van der Waals surface area contributed by atoms with Crippen LogP contribution in [0.2, 0.25) is 0 Å². The van der Waals surface area contributed by atoms with Crippen LogP contribution in [0.25, 0.3) is 0 Å². The van der Waals surface area contributed by atoms with Crippen LogP contribution >= 0.6 is 15.9 Å². The minimum Gasteiger partial charge on any atom is -0.457 e. The Balaban J connectivity index is 2.24. The first kappa shape index (κ1) is 13.5. The van der Waals surface area contributed by atoms with Gasteiger partial charge in [0.2, 0.25) is 0 Å². The molecular formula is C13H10BrNO4. The molecule has 0 aliphatic heterocycles. The van der Waals surface area contributed by atoms with Crippen LogP contribution in [0.1, 0.15) is 5.56 Å². The molecule has 98 valence electrons. The van der Waals surface area contributed by atoms with Crippen molar-refractivity contribution >= 4 is 21.6 Å². The van der Waals surface area contributed by atoms with Gasteiger partial charge in [-0.2, -0.15) is 0 Å². The Hall–Kier alpha value is -1.92. The quantitative estimate of drug-likeness (QED) is 0.688. The number of hydrogen-bond acceptors (Lipinski definition) is 4. The van der Waals surface area contributed by atoms with Crippen molar-refractivity contribution in [2.45, 2.75) is 6.61 Å². The summed E-state index contributed by atoms with van der Waals surface area (Å²) in [5.41, 5.74) is 0.726. The highest BCUT2D eigenvalue weighted by Crippen LogP contribution is 2.29. The molecule has 0 unspecified atom stereocenters. The lowest BCUT2D eigenvalue weighted by molar-refractivity contribution is -0.385. The SMILES string of the molecule is O=[N+]([O-])c1cc(Br)cc(Oc2ccc(CO)cc2)c1. The zero-order valence-corrected chi connectivity index (χ0v) is 11.3. The third-order valence-electron chi connectivity index (χ3n) is 2.41. The van der Waals surface area contributed by atoms with Gasteiger partial charge in [0, 0.05) is 10.5 Å². The second-order valence-corrected chi connectivity index (χ2v) is 4.72. The normalized spacial score (nSPS) is 10.2. The Labute approximate surface area is 117 Å². The second-order valence-electron chi connectivity index (χ2n) is 3.81. The highest BCUT2D eigenvalue weighted by Gasteiger charge is 2.10. The van der Waals surface area contributed by atoms with Gasteiger partial charge in [0.25, 0.3) is 5.69 Å². The van der Waals surface area contributed by atoms with Crippen molar-refractivity contribution < 1.29 is 14.8 Å². The van der Waals surface area contributed by atoms with Gasteiger partial charge in [-0.1, -0.05) is 28.1 Å². The summed E-state index contributed by atoms with van der Waals surface area (Å²) in [6, 6.07) is 11.2. The lowest BCUT2D eigenvalue weighted by atomic mass is 10.2. The van der Waals surface area contributed by atoms with Crippen LogP contribution in [0, 0.1) is 10.1 Å². The van der Waals surface area contributed by atoms with E-state index >= 15 is 0 Å². The number of nitro benzene ring substituents is 1. The van der Waals surface area contributed by atoms with E-state index in [1.165, 1.54) is 12.1 Å². The highest BCUT2D eigenvalue weighted by atomic mass is 79.9. The third kappa shape index (κ3) is 3.52. The first-order valence-corrected chi connectivity index (χ1v) is 6.20. The monoisotopic (exact) mass is 323 g/mol. The molecule has 0 atom stereocenters. The van der Waals surface area contributed by atoms with E-state index < -0.39 is 4.92 Å². The summed E-state index contributed by atoms with van der Waals surface area (Å²) in [6.45, 7) is -0.0391. The van der Waals surface area contributed by atoms with Crippen LogP contribution in [0.15, 0.2) is 46.9 Å². The molecular weight excluding hydrogens is 314 g/mol. The van der Waals surface area contributed by atoms with Gasteiger partial charge in [0.1, 0.15) is 11.5 Å². The van der Waals surface area contributed by atoms with Crippen molar-refractivity contribution in [3.63, 3.8) is 0 Å². The smallest absolute Gasteiger partial charge is 0.274 e. The van der Waals surface area contributed by atoms with E-state index in [9.17, 15) is 10.1 Å². The van der Waals surface area contributed by atoms with Gasteiger partial charge in [-0.05, 0) is 23.8 Å². The van der Waals surface area contributed by atoms with Gasteiger partial charge in [-0.15, -0.1) is 0 Å². The fourth-order valence-electron chi connectivity index (χ4n) is 1.51. The number of aliphatic hydroxyl groups is 1. The summed E-state index contributed by atoms with van der Waals surface area (Å²) >= 11 is 3.20. The lowest BCUT2D eigenvalue weighted by Gasteiger charge is -2.06. The Morgan fingerprint density at radius 2 is 1.84 bits per heavy atom. The largest absolute Gasteiger partial charge is 0.457 e. The van der Waals surface area contributed by atoms with Gasteiger partial charge in [0.15, 0.2) is 0 Å². The molecule has 0 bridgehead atoms. The van der Waals surface area contributed by atoms with E-state index in [0.29, 0.717) is 16.0 Å². The van der Waals surface area contributed by atoms with Gasteiger partial charge in [-0.25, -0.2) is 0 Å². The molecule has 0 aromatic heterocycles. The minimum atomic E-state index is -0.480. The average Bonchev–Trinajstić information content (AvgIpc) is 2.39. The Morgan fingerprint density at radius 3 is 2.42 bits per heavy atom. The number of rotatable bonds is 4. The molecule has 0 aliphatic rings. The van der Waals surface area contributed by atoms with Crippen molar-refractivity contribution in [3.8, 4) is 11.5 Å². The number of halogens is 1. The molecule has 6 heteroatoms. The van der Waals surface area contributed by atoms with Crippen molar-refractivity contribution in [2.24, 2.45) is 0 Å². The van der Waals surface area contributed by atoms with Gasteiger partial charge in [0.05, 0.1) is 17.6 Å². The summed E-state index contributed by atoms with van der Waals surface area (Å²) in [6.07, 6.45) is 0. The molecule has 0 saturated heterocycles. The van der Waals surface area contributed by atoms with Crippen molar-refractivity contribution in [3.05, 3.63) is 62.6 Å². The highest BCUT2D eigenvalue weighted by molar-refractivity contribution is 9.10. The minimum absolute atomic E-state index is 0.0391. The van der Waals surface area contributed by atoms with Crippen LogP contribution in [-0.2, 0) is 6.61 Å². The molecule has 0 aliphatic carbocycles. The van der Waals surface area contributed by atoms with Crippen LogP contribution in [0.3, 0.4) is 0 Å². The van der Waals surface area contributed by atoms with E-state index in [4.69, 9.17) is 9.84 Å². The van der Waals surface area contributed by atoms with E-state index in [-0.39, 0.29) is 12.3 Å². The summed E-state index contributed by atoms with van der Waals surface area (Å²) in [7, 11) is 0. The van der Waals surface area contributed by atoms with E-state index in [1.807, 2.05) is 0 Å². The van der Waals surface area contributed by atoms with Crippen molar-refractivity contribution in [1.82, 2.24) is 0 Å². The summed E-state index contributed by atoms with van der Waals surface area (Å²) in [5.74, 6) is 0.919. The van der Waals surface area contributed by atoms with Crippen LogP contribution in [0.4, 0.5) is 5.69 Å². The molecule has 0 saturated carbocycles. The number of non-ortho nitro benzene ring substituents is 1. The number of hydrogen-bond donors (Lipinski definition) is 1. The standard InChI is InChI=1S/C13H10BrNO4/c14-10-5-11(15(17)18)7-13(6-10)19-12-3-1-9(8-16)2-4-12/h1-7,16H,8H2. The fourth-order valence-corrected chi connectivity index (χ4v) is 1.97. The van der Waals surface area contributed by atoms with E-state index in [0.717, 1.165) is 5.56 Å². The molecule has 0 heterocycles. The molecule has 0 spiro atoms. The molecule has 0 amide bonds. The molecule has 5 nitrogen and oxygen atoms in total. The molecule has 1 N–H and O–H groups in total. The van der Waals surface area contributed by atoms with Gasteiger partial charge >= 0.3 is 0 Å². The Bertz CT molecular complexity index is 598. The predicted octanol–water partition coefficient (Wildman–Crippen LogP) is 3.64. The summed E-state index contributed by atoms with van der Waals surface area (Å²) in [5, 5.41) is 19.7. The lowest BCUT2D eigenvalue weighted by Crippen LogP contribution is -1.90. The molecule has 19 heavy (non-hydrogen) atoms. The topological polar surface area (TPSA) is 72.6 Å². The first-order valence-electron chi connectivity index (χ1n) is 5.41. The maximum atomic E-state index is 10.7. The molecule has 2 aromatic rings. The maximum Gasteiger partial charge on any atom is 0.274 e. The summed E-state index contributed by atoms with van der Waals surface area (Å²) < 4.78 is 6.11. The number of ether oxygens (including phenoxy) is 1. The number of nitrogens with zero attached hydrogens (tertiary/aromatic N) is 1. The second kappa shape index (κ2) is 5.81. The Morgan fingerprint density at radius 1 is 1.16 bits per heavy atom.